The first-order valence-electron chi connectivity index (χ1n) is 18.0. The first-order chi connectivity index (χ1) is 22.6. The molecule has 0 amide bonds. The van der Waals surface area contributed by atoms with E-state index in [1.54, 1.807) is 0 Å². The SMILES string of the molecule is CC(C)[Si](c1cccc(-c2ccccc2C#Cc2ccccc2-c2cccc([Si](C(C)C)(C(C)C)C(C)C)c2O)c1O)(C(C)C)C(C)C. The summed E-state index contributed by atoms with van der Waals surface area (Å²) in [6, 6.07) is 28.9. The van der Waals surface area contributed by atoms with Crippen LogP contribution >= 0.6 is 0 Å². The van der Waals surface area contributed by atoms with Gasteiger partial charge < -0.3 is 10.2 Å². The van der Waals surface area contributed by atoms with E-state index in [2.05, 4.69) is 131 Å². The van der Waals surface area contributed by atoms with Crippen molar-refractivity contribution in [2.75, 3.05) is 0 Å². The van der Waals surface area contributed by atoms with Crippen molar-refractivity contribution >= 4 is 26.5 Å². The molecule has 0 fully saturated rings. The predicted molar refractivity (Wildman–Crippen MR) is 214 cm³/mol. The normalized spacial score (nSPS) is 12.5. The number of phenols is 2. The van der Waals surface area contributed by atoms with Gasteiger partial charge in [-0.3, -0.25) is 0 Å². The quantitative estimate of drug-likeness (QED) is 0.130. The van der Waals surface area contributed by atoms with Gasteiger partial charge in [0.1, 0.15) is 11.5 Å². The molecule has 0 atom stereocenters. The van der Waals surface area contributed by atoms with Gasteiger partial charge in [0.15, 0.2) is 0 Å². The minimum Gasteiger partial charge on any atom is -0.507 e. The smallest absolute Gasteiger partial charge is 0.122 e. The lowest BCUT2D eigenvalue weighted by Crippen LogP contribution is -2.55. The van der Waals surface area contributed by atoms with Crippen LogP contribution in [-0.4, -0.2) is 26.4 Å². The molecule has 0 aliphatic rings. The van der Waals surface area contributed by atoms with Crippen LogP contribution in [0.25, 0.3) is 22.3 Å². The highest BCUT2D eigenvalue weighted by atomic mass is 28.3. The third kappa shape index (κ3) is 6.33. The van der Waals surface area contributed by atoms with E-state index >= 15 is 0 Å². The Balaban J connectivity index is 1.88. The van der Waals surface area contributed by atoms with Gasteiger partial charge in [0, 0.05) is 33.4 Å². The molecule has 48 heavy (non-hydrogen) atoms. The van der Waals surface area contributed by atoms with Crippen LogP contribution in [0.2, 0.25) is 33.2 Å². The molecule has 2 nitrogen and oxygen atoms in total. The van der Waals surface area contributed by atoms with E-state index in [0.29, 0.717) is 44.7 Å². The van der Waals surface area contributed by atoms with Crippen molar-refractivity contribution < 1.29 is 10.2 Å². The molecule has 4 aromatic carbocycles. The summed E-state index contributed by atoms with van der Waals surface area (Å²) < 4.78 is 0. The van der Waals surface area contributed by atoms with Crippen LogP contribution in [0.15, 0.2) is 84.9 Å². The second kappa shape index (κ2) is 14.9. The molecule has 0 saturated heterocycles. The van der Waals surface area contributed by atoms with Gasteiger partial charge in [-0.25, -0.2) is 0 Å². The molecule has 0 spiro atoms. The van der Waals surface area contributed by atoms with E-state index in [1.807, 2.05) is 48.5 Å². The van der Waals surface area contributed by atoms with Crippen molar-refractivity contribution in [2.45, 2.75) is 116 Å². The molecule has 4 rings (SSSR count). The van der Waals surface area contributed by atoms with Gasteiger partial charge in [-0.2, -0.15) is 0 Å². The zero-order chi connectivity index (χ0) is 35.6. The van der Waals surface area contributed by atoms with Gasteiger partial charge in [-0.15, -0.1) is 0 Å². The summed E-state index contributed by atoms with van der Waals surface area (Å²) in [5.41, 5.74) is 8.18. The topological polar surface area (TPSA) is 40.5 Å². The zero-order valence-corrected chi connectivity index (χ0v) is 33.4. The van der Waals surface area contributed by atoms with Crippen molar-refractivity contribution in [3.63, 3.8) is 0 Å². The summed E-state index contributed by atoms with van der Waals surface area (Å²) in [5.74, 6) is 7.79. The average Bonchev–Trinajstić information content (AvgIpc) is 3.01. The molecule has 0 heterocycles. The summed E-state index contributed by atoms with van der Waals surface area (Å²) in [6.45, 7) is 28.0. The monoisotopic (exact) mass is 674 g/mol. The Labute approximate surface area is 293 Å². The van der Waals surface area contributed by atoms with Crippen LogP contribution < -0.4 is 10.4 Å². The van der Waals surface area contributed by atoms with Crippen molar-refractivity contribution in [2.24, 2.45) is 0 Å². The van der Waals surface area contributed by atoms with E-state index in [0.717, 1.165) is 43.8 Å². The second-order valence-electron chi connectivity index (χ2n) is 15.5. The minimum atomic E-state index is -2.10. The molecule has 0 aliphatic heterocycles. The molecule has 0 radical (unpaired) electrons. The molecule has 4 aromatic rings. The van der Waals surface area contributed by atoms with E-state index in [1.165, 1.54) is 0 Å². The Hall–Kier alpha value is -3.53. The molecular formula is C44H58O2Si2. The van der Waals surface area contributed by atoms with E-state index in [-0.39, 0.29) is 0 Å². The largest absolute Gasteiger partial charge is 0.507 e. The molecule has 0 saturated carbocycles. The van der Waals surface area contributed by atoms with Crippen LogP contribution in [0, 0.1) is 11.8 Å². The molecule has 0 aromatic heterocycles. The maximum Gasteiger partial charge on any atom is 0.122 e. The summed E-state index contributed by atoms with van der Waals surface area (Å²) in [5, 5.41) is 26.3. The standard InChI is InChI=1S/C44H58O2Si2/c1-29(2)47(30(3)4,31(5)6)41-25-17-23-39(43(41)45)37-21-15-13-19-35(37)27-28-36-20-14-16-22-38(36)40-24-18-26-42(44(40)46)48(32(7)8,33(9)10)34(11)12/h13-26,29-34,45-46H,1-12H3. The van der Waals surface area contributed by atoms with Crippen LogP contribution in [0.3, 0.4) is 0 Å². The fraction of sp³-hybridized carbons (Fsp3) is 0.409. The van der Waals surface area contributed by atoms with Gasteiger partial charge in [-0.05, 0) is 55.8 Å². The van der Waals surface area contributed by atoms with Crippen molar-refractivity contribution in [3.05, 3.63) is 96.1 Å². The van der Waals surface area contributed by atoms with Gasteiger partial charge >= 0.3 is 0 Å². The maximum atomic E-state index is 12.0. The Morgan fingerprint density at radius 1 is 0.375 bits per heavy atom. The lowest BCUT2D eigenvalue weighted by Gasteiger charge is -2.44. The van der Waals surface area contributed by atoms with Crippen molar-refractivity contribution in [1.82, 2.24) is 0 Å². The first kappa shape index (κ1) is 37.3. The molecule has 0 unspecified atom stereocenters. The van der Waals surface area contributed by atoms with Crippen molar-refractivity contribution in [3.8, 4) is 45.6 Å². The first-order valence-corrected chi connectivity index (χ1v) is 22.5. The highest BCUT2D eigenvalue weighted by Crippen LogP contribution is 2.46. The Morgan fingerprint density at radius 2 is 0.646 bits per heavy atom. The number of hydrogen-bond acceptors (Lipinski definition) is 2. The Bertz CT molecular complexity index is 1610. The number of rotatable bonds is 10. The van der Waals surface area contributed by atoms with E-state index in [4.69, 9.17) is 0 Å². The predicted octanol–water partition coefficient (Wildman–Crippen LogP) is 11.6. The average molecular weight is 675 g/mol. The number of phenolic OH excluding ortho intramolecular Hbond substituents is 2. The van der Waals surface area contributed by atoms with Crippen LogP contribution in [-0.2, 0) is 0 Å². The summed E-state index contributed by atoms with van der Waals surface area (Å²) >= 11 is 0. The zero-order valence-electron chi connectivity index (χ0n) is 31.4. The van der Waals surface area contributed by atoms with Gasteiger partial charge in [0.2, 0.25) is 0 Å². The molecule has 2 N–H and O–H groups in total. The molecule has 0 aliphatic carbocycles. The third-order valence-corrected chi connectivity index (χ3v) is 25.6. The Morgan fingerprint density at radius 3 is 0.938 bits per heavy atom. The van der Waals surface area contributed by atoms with Crippen LogP contribution in [0.5, 0.6) is 11.5 Å². The van der Waals surface area contributed by atoms with E-state index < -0.39 is 16.1 Å². The van der Waals surface area contributed by atoms with Crippen LogP contribution in [0.4, 0.5) is 0 Å². The van der Waals surface area contributed by atoms with Gasteiger partial charge in [0.05, 0.1) is 16.1 Å². The highest BCUT2D eigenvalue weighted by molar-refractivity contribution is 6.96. The Kier molecular flexibility index (Phi) is 11.6. The highest BCUT2D eigenvalue weighted by Gasteiger charge is 2.47. The van der Waals surface area contributed by atoms with Gasteiger partial charge in [0.25, 0.3) is 0 Å². The summed E-state index contributed by atoms with van der Waals surface area (Å²) in [4.78, 5) is 0. The molecule has 4 heteroatoms. The molecular weight excluding hydrogens is 617 g/mol. The lowest BCUT2D eigenvalue weighted by atomic mass is 9.97. The fourth-order valence-corrected chi connectivity index (χ4v) is 23.5. The molecule has 254 valence electrons. The number of hydrogen-bond donors (Lipinski definition) is 2. The van der Waals surface area contributed by atoms with Crippen LogP contribution in [0.1, 0.15) is 94.2 Å². The third-order valence-electron chi connectivity index (χ3n) is 11.5. The van der Waals surface area contributed by atoms with Crippen molar-refractivity contribution in [1.29, 1.82) is 0 Å². The number of aromatic hydroxyl groups is 2. The lowest BCUT2D eigenvalue weighted by molar-refractivity contribution is 0.480. The minimum absolute atomic E-state index is 0.407. The fourth-order valence-electron chi connectivity index (χ4n) is 9.88. The molecule has 0 bridgehead atoms. The summed E-state index contributed by atoms with van der Waals surface area (Å²) in [6.07, 6.45) is 0. The second-order valence-corrected chi connectivity index (χ2v) is 27.3. The van der Waals surface area contributed by atoms with Gasteiger partial charge in [-0.1, -0.05) is 168 Å². The summed E-state index contributed by atoms with van der Waals surface area (Å²) in [7, 11) is -4.20. The maximum absolute atomic E-state index is 12.0. The number of benzene rings is 4. The van der Waals surface area contributed by atoms with E-state index in [9.17, 15) is 10.2 Å². The number of para-hydroxylation sites is 2.